The molecule has 0 unspecified atom stereocenters. The number of rotatable bonds is 2. The summed E-state index contributed by atoms with van der Waals surface area (Å²) in [6, 6.07) is -0.200. The van der Waals surface area contributed by atoms with Crippen LogP contribution in [0.4, 0.5) is 0 Å². The van der Waals surface area contributed by atoms with Crippen LogP contribution in [-0.2, 0) is 0 Å². The summed E-state index contributed by atoms with van der Waals surface area (Å²) in [4.78, 5) is 13.1. The Kier molecular flexibility index (Phi) is 2.09. The van der Waals surface area contributed by atoms with Gasteiger partial charge in [0.05, 0.1) is 6.04 Å². The fraction of sp³-hybridized carbons (Fsp3) is 0.667. The molecule has 5 heteroatoms. The standard InChI is InChI=1S/C6H12N4O/c1-3(2)4(7)5-8-6(11)10-9-5/h3-4H,7H2,1-2H3,(H2,8,9,10,11)/t4-/m1/s1. The van der Waals surface area contributed by atoms with Crippen molar-refractivity contribution < 1.29 is 0 Å². The van der Waals surface area contributed by atoms with Crippen LogP contribution in [0.2, 0.25) is 0 Å². The fourth-order valence-electron chi connectivity index (χ4n) is 0.757. The summed E-state index contributed by atoms with van der Waals surface area (Å²) in [5.74, 6) is 0.791. The average molecular weight is 156 g/mol. The van der Waals surface area contributed by atoms with E-state index in [1.807, 2.05) is 13.8 Å². The molecule has 0 bridgehead atoms. The van der Waals surface area contributed by atoms with E-state index in [1.54, 1.807) is 0 Å². The largest absolute Gasteiger partial charge is 0.340 e. The number of hydrogen-bond acceptors (Lipinski definition) is 3. The van der Waals surface area contributed by atoms with Crippen molar-refractivity contribution in [1.29, 1.82) is 0 Å². The van der Waals surface area contributed by atoms with Gasteiger partial charge in [-0.05, 0) is 5.92 Å². The predicted molar refractivity (Wildman–Crippen MR) is 41.0 cm³/mol. The van der Waals surface area contributed by atoms with E-state index in [9.17, 15) is 4.79 Å². The maximum atomic E-state index is 10.6. The van der Waals surface area contributed by atoms with E-state index >= 15 is 0 Å². The van der Waals surface area contributed by atoms with Crippen molar-refractivity contribution in [3.63, 3.8) is 0 Å². The smallest absolute Gasteiger partial charge is 0.321 e. The molecule has 0 aliphatic carbocycles. The Morgan fingerprint density at radius 2 is 2.18 bits per heavy atom. The van der Waals surface area contributed by atoms with Gasteiger partial charge >= 0.3 is 5.69 Å². The van der Waals surface area contributed by atoms with Gasteiger partial charge in [-0.2, -0.15) is 5.10 Å². The number of aromatic nitrogens is 3. The minimum Gasteiger partial charge on any atom is -0.321 e. The monoisotopic (exact) mass is 156 g/mol. The van der Waals surface area contributed by atoms with E-state index in [0.29, 0.717) is 5.82 Å². The predicted octanol–water partition coefficient (Wildman–Crippen LogP) is -0.246. The highest BCUT2D eigenvalue weighted by Crippen LogP contribution is 2.11. The third-order valence-corrected chi connectivity index (χ3v) is 1.55. The minimum atomic E-state index is -0.309. The van der Waals surface area contributed by atoms with Gasteiger partial charge in [0.2, 0.25) is 0 Å². The summed E-state index contributed by atoms with van der Waals surface area (Å²) in [7, 11) is 0. The van der Waals surface area contributed by atoms with E-state index in [1.165, 1.54) is 0 Å². The molecule has 11 heavy (non-hydrogen) atoms. The molecular weight excluding hydrogens is 144 g/mol. The quantitative estimate of drug-likeness (QED) is 0.552. The van der Waals surface area contributed by atoms with Crippen molar-refractivity contribution in [1.82, 2.24) is 15.2 Å². The zero-order chi connectivity index (χ0) is 8.43. The third-order valence-electron chi connectivity index (χ3n) is 1.55. The number of hydrogen-bond donors (Lipinski definition) is 3. The van der Waals surface area contributed by atoms with Crippen LogP contribution in [0.1, 0.15) is 25.7 Å². The molecule has 1 atom stereocenters. The van der Waals surface area contributed by atoms with Gasteiger partial charge in [-0.25, -0.2) is 9.89 Å². The molecule has 62 valence electrons. The van der Waals surface area contributed by atoms with E-state index in [4.69, 9.17) is 5.73 Å². The van der Waals surface area contributed by atoms with Gasteiger partial charge in [-0.3, -0.25) is 4.98 Å². The van der Waals surface area contributed by atoms with Crippen LogP contribution in [0.25, 0.3) is 0 Å². The molecule has 0 spiro atoms. The zero-order valence-electron chi connectivity index (χ0n) is 6.59. The molecule has 4 N–H and O–H groups in total. The van der Waals surface area contributed by atoms with Gasteiger partial charge in [0.25, 0.3) is 0 Å². The lowest BCUT2D eigenvalue weighted by molar-refractivity contribution is 0.491. The summed E-state index contributed by atoms with van der Waals surface area (Å²) in [5, 5.41) is 5.98. The van der Waals surface area contributed by atoms with Crippen LogP contribution >= 0.6 is 0 Å². The second-order valence-electron chi connectivity index (χ2n) is 2.83. The molecule has 1 rings (SSSR count). The Morgan fingerprint density at radius 1 is 1.55 bits per heavy atom. The first-order chi connectivity index (χ1) is 5.11. The first-order valence-corrected chi connectivity index (χ1v) is 3.51. The Morgan fingerprint density at radius 3 is 2.55 bits per heavy atom. The van der Waals surface area contributed by atoms with Crippen LogP contribution in [0, 0.1) is 5.92 Å². The summed E-state index contributed by atoms with van der Waals surface area (Å²) in [5.41, 5.74) is 5.39. The van der Waals surface area contributed by atoms with E-state index in [2.05, 4.69) is 15.2 Å². The molecule has 0 amide bonds. The average Bonchev–Trinajstić information content (AvgIpc) is 2.34. The normalized spacial score (nSPS) is 13.8. The van der Waals surface area contributed by atoms with Crippen molar-refractivity contribution in [3.8, 4) is 0 Å². The van der Waals surface area contributed by atoms with Crippen molar-refractivity contribution >= 4 is 0 Å². The maximum Gasteiger partial charge on any atom is 0.340 e. The van der Waals surface area contributed by atoms with E-state index in [-0.39, 0.29) is 17.6 Å². The first kappa shape index (κ1) is 8.00. The minimum absolute atomic E-state index is 0.200. The summed E-state index contributed by atoms with van der Waals surface area (Å²) < 4.78 is 0. The van der Waals surface area contributed by atoms with Crippen molar-refractivity contribution in [3.05, 3.63) is 16.3 Å². The number of nitrogens with one attached hydrogen (secondary N) is 2. The molecule has 5 nitrogen and oxygen atoms in total. The van der Waals surface area contributed by atoms with Crippen LogP contribution in [0.5, 0.6) is 0 Å². The summed E-state index contributed by atoms with van der Waals surface area (Å²) >= 11 is 0. The number of nitrogens with two attached hydrogens (primary N) is 1. The lowest BCUT2D eigenvalue weighted by Gasteiger charge is -2.10. The second-order valence-corrected chi connectivity index (χ2v) is 2.83. The molecule has 0 fully saturated rings. The molecule has 1 heterocycles. The lowest BCUT2D eigenvalue weighted by atomic mass is 10.1. The molecule has 0 saturated heterocycles. The van der Waals surface area contributed by atoms with Gasteiger partial charge in [0.15, 0.2) is 0 Å². The highest BCUT2D eigenvalue weighted by molar-refractivity contribution is 4.90. The van der Waals surface area contributed by atoms with Gasteiger partial charge in [0.1, 0.15) is 5.82 Å². The van der Waals surface area contributed by atoms with Crippen molar-refractivity contribution in [2.24, 2.45) is 11.7 Å². The van der Waals surface area contributed by atoms with Crippen LogP contribution in [0.3, 0.4) is 0 Å². The Hall–Kier alpha value is -1.10. The molecule has 0 aliphatic heterocycles. The summed E-state index contributed by atoms with van der Waals surface area (Å²) in [6.07, 6.45) is 0. The molecule has 0 radical (unpaired) electrons. The molecule has 1 aromatic heterocycles. The lowest BCUT2D eigenvalue weighted by Crippen LogP contribution is -2.18. The van der Waals surface area contributed by atoms with Crippen molar-refractivity contribution in [2.75, 3.05) is 0 Å². The molecular formula is C6H12N4O. The van der Waals surface area contributed by atoms with Crippen LogP contribution < -0.4 is 11.4 Å². The second kappa shape index (κ2) is 2.87. The van der Waals surface area contributed by atoms with Crippen LogP contribution in [-0.4, -0.2) is 15.2 Å². The van der Waals surface area contributed by atoms with Crippen molar-refractivity contribution in [2.45, 2.75) is 19.9 Å². The highest BCUT2D eigenvalue weighted by atomic mass is 16.1. The fourth-order valence-corrected chi connectivity index (χ4v) is 0.757. The number of H-pyrrole nitrogens is 2. The third kappa shape index (κ3) is 1.68. The van der Waals surface area contributed by atoms with Crippen LogP contribution in [0.15, 0.2) is 4.79 Å². The van der Waals surface area contributed by atoms with Gasteiger partial charge in [-0.1, -0.05) is 13.8 Å². The summed E-state index contributed by atoms with van der Waals surface area (Å²) in [6.45, 7) is 3.94. The Labute approximate surface area is 64.0 Å². The van der Waals surface area contributed by atoms with E-state index in [0.717, 1.165) is 0 Å². The number of nitrogens with zero attached hydrogens (tertiary/aromatic N) is 1. The molecule has 1 aromatic rings. The topological polar surface area (TPSA) is 87.6 Å². The van der Waals surface area contributed by atoms with Gasteiger partial charge < -0.3 is 5.73 Å². The van der Waals surface area contributed by atoms with E-state index < -0.39 is 0 Å². The molecule has 0 aromatic carbocycles. The van der Waals surface area contributed by atoms with Gasteiger partial charge in [-0.15, -0.1) is 0 Å². The molecule has 0 aliphatic rings. The Balaban J connectivity index is 2.84. The Bertz CT molecular complexity index is 274. The molecule has 0 saturated carbocycles. The highest BCUT2D eigenvalue weighted by Gasteiger charge is 2.13. The number of aromatic amines is 2. The maximum absolute atomic E-state index is 10.6. The van der Waals surface area contributed by atoms with Gasteiger partial charge in [0, 0.05) is 0 Å². The first-order valence-electron chi connectivity index (χ1n) is 3.51. The SMILES string of the molecule is CC(C)[C@@H](N)c1n[nH]c(=O)[nH]1. The zero-order valence-corrected chi connectivity index (χ0v) is 6.59.